The van der Waals surface area contributed by atoms with Crippen LogP contribution >= 0.6 is 0 Å². The third-order valence-electron chi connectivity index (χ3n) is 17.3. The molecule has 0 aromatic heterocycles. The smallest absolute Gasteiger partial charge is 0.417 e. The van der Waals surface area contributed by atoms with Crippen LogP contribution in [0.4, 0.5) is 0 Å². The summed E-state index contributed by atoms with van der Waals surface area (Å²) in [7, 11) is 0. The minimum atomic E-state index is -0.842. The molecule has 278 valence electrons. The molecule has 0 radical (unpaired) electrons. The molecule has 0 aromatic carbocycles. The van der Waals surface area contributed by atoms with E-state index >= 15 is 0 Å². The molecular weight excluding hydrogens is 636 g/mol. The van der Waals surface area contributed by atoms with Gasteiger partial charge in [0.15, 0.2) is 0 Å². The predicted octanol–water partition coefficient (Wildman–Crippen LogP) is 9.46. The lowest BCUT2D eigenvalue weighted by Gasteiger charge is -2.58. The molecule has 0 aromatic rings. The highest BCUT2D eigenvalue weighted by Gasteiger charge is 2.60. The fourth-order valence-electron chi connectivity index (χ4n) is 14.7. The van der Waals surface area contributed by atoms with Crippen LogP contribution in [0.5, 0.6) is 0 Å². The molecule has 0 aliphatic heterocycles. The fourth-order valence-corrected chi connectivity index (χ4v) is 14.7. The van der Waals surface area contributed by atoms with Crippen LogP contribution in [0.25, 0.3) is 0 Å². The lowest BCUT2D eigenvalue weighted by molar-refractivity contribution is -0.176. The molecule has 6 heteroatoms. The number of rotatable bonds is 4. The summed E-state index contributed by atoms with van der Waals surface area (Å²) in [6, 6.07) is 0. The standard InChI is InChI=1S/C45H62O6/c1-27(46)35-12-14-37-29-8-9-31-25-33(17-23-45(31,26-29)20-7-6-19-43(35,37)4)51-41(49)40(48)50-32-16-21-42(3)30(24-32)10-11-34-38-15-13-36(28(2)47)44(38,5)22-18-39(34)42/h7,9-10,20,29,32-39H,6,8,11-19,21-26H2,1-5H3/b20-7+. The van der Waals surface area contributed by atoms with E-state index in [1.54, 1.807) is 13.8 Å². The molecule has 5 saturated carbocycles. The van der Waals surface area contributed by atoms with E-state index in [-0.39, 0.29) is 45.7 Å². The van der Waals surface area contributed by atoms with Gasteiger partial charge in [0, 0.05) is 30.1 Å². The van der Waals surface area contributed by atoms with Crippen molar-refractivity contribution in [3.63, 3.8) is 0 Å². The lowest BCUT2D eigenvalue weighted by Crippen LogP contribution is -2.51. The minimum absolute atomic E-state index is 0.00275. The summed E-state index contributed by atoms with van der Waals surface area (Å²) in [4.78, 5) is 51.6. The van der Waals surface area contributed by atoms with Gasteiger partial charge in [-0.05, 0) is 156 Å². The summed E-state index contributed by atoms with van der Waals surface area (Å²) in [5.41, 5.74) is 3.08. The van der Waals surface area contributed by atoms with Crippen LogP contribution < -0.4 is 0 Å². The van der Waals surface area contributed by atoms with Crippen LogP contribution in [0, 0.1) is 63.1 Å². The number of esters is 2. The van der Waals surface area contributed by atoms with Crippen molar-refractivity contribution in [2.24, 2.45) is 63.1 Å². The zero-order valence-electron chi connectivity index (χ0n) is 32.0. The van der Waals surface area contributed by atoms with Crippen molar-refractivity contribution in [3.05, 3.63) is 35.5 Å². The van der Waals surface area contributed by atoms with Crippen molar-refractivity contribution in [2.45, 2.75) is 156 Å². The van der Waals surface area contributed by atoms with E-state index in [1.165, 1.54) is 24.0 Å². The van der Waals surface area contributed by atoms with Crippen molar-refractivity contribution < 1.29 is 28.7 Å². The van der Waals surface area contributed by atoms with Gasteiger partial charge in [0.05, 0.1) is 0 Å². The number of Topliss-reactive ketones (excluding diaryl/α,β-unsaturated/α-hetero) is 2. The SMILES string of the molecule is CC(=O)C1CCC2C3CC=C4CC(OC(=O)C(=O)OC5CCC6(C)C(=CCC7C6CCC6(C)C(C(C)=O)CCC76)C5)CCC4(/C=C/CCC12C)C3. The molecule has 8 aliphatic rings. The molecule has 2 bridgehead atoms. The first-order valence-corrected chi connectivity index (χ1v) is 20.8. The lowest BCUT2D eigenvalue weighted by atomic mass is 9.47. The molecule has 0 saturated heterocycles. The highest BCUT2D eigenvalue weighted by molar-refractivity contribution is 6.29. The molecule has 0 amide bonds. The number of ketones is 2. The number of hydrogen-bond donors (Lipinski definition) is 0. The molecule has 1 spiro atoms. The van der Waals surface area contributed by atoms with Crippen LogP contribution in [0.2, 0.25) is 0 Å². The first-order chi connectivity index (χ1) is 24.3. The van der Waals surface area contributed by atoms with Gasteiger partial charge >= 0.3 is 11.9 Å². The largest absolute Gasteiger partial charge is 0.454 e. The minimum Gasteiger partial charge on any atom is -0.454 e. The van der Waals surface area contributed by atoms with Crippen LogP contribution in [0.15, 0.2) is 35.5 Å². The Bertz CT molecular complexity index is 1570. The van der Waals surface area contributed by atoms with Crippen LogP contribution in [-0.4, -0.2) is 35.7 Å². The number of fused-ring (bicyclic) bond motifs is 8. The maximum absolute atomic E-state index is 13.2. The molecule has 51 heavy (non-hydrogen) atoms. The van der Waals surface area contributed by atoms with Gasteiger partial charge in [-0.25, -0.2) is 9.59 Å². The Morgan fingerprint density at radius 3 is 1.94 bits per heavy atom. The molecule has 8 rings (SSSR count). The molecule has 0 N–H and O–H groups in total. The molecule has 5 fully saturated rings. The topological polar surface area (TPSA) is 86.7 Å². The highest BCUT2D eigenvalue weighted by Crippen LogP contribution is 2.67. The summed E-state index contributed by atoms with van der Waals surface area (Å²) >= 11 is 0. The summed E-state index contributed by atoms with van der Waals surface area (Å²) in [5.74, 6) is 2.44. The Labute approximate surface area is 306 Å². The Hall–Kier alpha value is -2.50. The molecular formula is C45H62O6. The third-order valence-corrected chi connectivity index (χ3v) is 17.3. The first kappa shape index (κ1) is 35.5. The Morgan fingerprint density at radius 1 is 0.647 bits per heavy atom. The van der Waals surface area contributed by atoms with E-state index in [0.717, 1.165) is 83.5 Å². The Morgan fingerprint density at radius 2 is 1.25 bits per heavy atom. The van der Waals surface area contributed by atoms with Crippen molar-refractivity contribution in [1.29, 1.82) is 0 Å². The van der Waals surface area contributed by atoms with Crippen molar-refractivity contribution >= 4 is 23.5 Å². The number of carbonyl (C=O) groups is 4. The Balaban J connectivity index is 0.880. The average Bonchev–Trinajstić information content (AvgIpc) is 3.64. The van der Waals surface area contributed by atoms with Crippen molar-refractivity contribution in [1.82, 2.24) is 0 Å². The zero-order chi connectivity index (χ0) is 35.9. The van der Waals surface area contributed by atoms with E-state index in [0.29, 0.717) is 54.0 Å². The monoisotopic (exact) mass is 698 g/mol. The van der Waals surface area contributed by atoms with Gasteiger partial charge < -0.3 is 9.47 Å². The van der Waals surface area contributed by atoms with Gasteiger partial charge in [-0.15, -0.1) is 0 Å². The Kier molecular flexibility index (Phi) is 8.93. The third kappa shape index (κ3) is 5.69. The van der Waals surface area contributed by atoms with E-state index in [2.05, 4.69) is 45.1 Å². The van der Waals surface area contributed by atoms with E-state index < -0.39 is 11.9 Å². The highest BCUT2D eigenvalue weighted by atomic mass is 16.6. The van der Waals surface area contributed by atoms with Gasteiger partial charge in [-0.1, -0.05) is 56.2 Å². The predicted molar refractivity (Wildman–Crippen MR) is 196 cm³/mol. The van der Waals surface area contributed by atoms with Gasteiger partial charge in [0.25, 0.3) is 0 Å². The van der Waals surface area contributed by atoms with Crippen LogP contribution in [0.3, 0.4) is 0 Å². The van der Waals surface area contributed by atoms with Crippen LogP contribution in [0.1, 0.15) is 144 Å². The number of hydrogen-bond acceptors (Lipinski definition) is 6. The second-order valence-corrected chi connectivity index (χ2v) is 19.5. The van der Waals surface area contributed by atoms with Crippen molar-refractivity contribution in [2.75, 3.05) is 0 Å². The fraction of sp³-hybridized carbons (Fsp3) is 0.778. The van der Waals surface area contributed by atoms with Crippen LogP contribution in [-0.2, 0) is 28.7 Å². The quantitative estimate of drug-likeness (QED) is 0.165. The molecule has 0 heterocycles. The van der Waals surface area contributed by atoms with Gasteiger partial charge in [0.2, 0.25) is 0 Å². The second kappa shape index (κ2) is 12.8. The van der Waals surface area contributed by atoms with E-state index in [4.69, 9.17) is 9.47 Å². The maximum Gasteiger partial charge on any atom is 0.417 e. The molecule has 13 atom stereocenters. The molecule has 6 nitrogen and oxygen atoms in total. The summed E-state index contributed by atoms with van der Waals surface area (Å²) < 4.78 is 11.8. The first-order valence-electron chi connectivity index (χ1n) is 20.8. The zero-order valence-corrected chi connectivity index (χ0v) is 32.0. The number of ether oxygens (including phenoxy) is 2. The van der Waals surface area contributed by atoms with Crippen molar-refractivity contribution in [3.8, 4) is 0 Å². The average molecular weight is 699 g/mol. The van der Waals surface area contributed by atoms with E-state index in [1.807, 2.05) is 0 Å². The number of allylic oxidation sites excluding steroid dienone is 4. The summed E-state index contributed by atoms with van der Waals surface area (Å²) in [5, 5.41) is 0. The normalized spacial score (nSPS) is 47.6. The second-order valence-electron chi connectivity index (χ2n) is 19.5. The summed E-state index contributed by atoms with van der Waals surface area (Å²) in [6.45, 7) is 10.8. The van der Waals surface area contributed by atoms with E-state index in [9.17, 15) is 19.2 Å². The van der Waals surface area contributed by atoms with Gasteiger partial charge in [-0.3, -0.25) is 9.59 Å². The number of carbonyl (C=O) groups excluding carboxylic acids is 4. The summed E-state index contributed by atoms with van der Waals surface area (Å²) in [6.07, 6.45) is 25.8. The van der Waals surface area contributed by atoms with Gasteiger partial charge in [0.1, 0.15) is 23.8 Å². The molecule has 8 aliphatic carbocycles. The maximum atomic E-state index is 13.2. The molecule has 13 unspecified atom stereocenters. The van der Waals surface area contributed by atoms with Gasteiger partial charge in [-0.2, -0.15) is 0 Å².